The summed E-state index contributed by atoms with van der Waals surface area (Å²) in [7, 11) is 2.18. The van der Waals surface area contributed by atoms with Gasteiger partial charge in [0.25, 0.3) is 5.91 Å². The van der Waals surface area contributed by atoms with Crippen molar-refractivity contribution in [1.29, 1.82) is 0 Å². The molecule has 0 aliphatic heterocycles. The van der Waals surface area contributed by atoms with Gasteiger partial charge < -0.3 is 10.2 Å². The predicted molar refractivity (Wildman–Crippen MR) is 115 cm³/mol. The molecule has 1 aliphatic carbocycles. The molecule has 1 fully saturated rings. The van der Waals surface area contributed by atoms with Crippen molar-refractivity contribution in [1.82, 2.24) is 5.32 Å². The molecule has 0 bridgehead atoms. The predicted octanol–water partition coefficient (Wildman–Crippen LogP) is 5.53. The third-order valence-electron chi connectivity index (χ3n) is 5.73. The van der Waals surface area contributed by atoms with Crippen molar-refractivity contribution in [3.05, 3.63) is 64.8 Å². The standard InChI is InChI=1S/C23H25FN2OS/c1-15-14-20-21(4-3-5-22(20)28-15)26(2)19-12-10-18(11-13-19)25-23(27)16-6-8-17(24)9-7-16/h3-9,14,18-19H,10-13H2,1-2H3,(H,25,27). The lowest BCUT2D eigenvalue weighted by molar-refractivity contribution is 0.0926. The monoisotopic (exact) mass is 396 g/mol. The van der Waals surface area contributed by atoms with Gasteiger partial charge in [0.05, 0.1) is 0 Å². The van der Waals surface area contributed by atoms with E-state index in [2.05, 4.69) is 48.5 Å². The summed E-state index contributed by atoms with van der Waals surface area (Å²) in [4.78, 5) is 16.1. The van der Waals surface area contributed by atoms with Crippen LogP contribution in [0.3, 0.4) is 0 Å². The van der Waals surface area contributed by atoms with Crippen molar-refractivity contribution >= 4 is 33.0 Å². The quantitative estimate of drug-likeness (QED) is 0.629. The highest BCUT2D eigenvalue weighted by atomic mass is 32.1. The van der Waals surface area contributed by atoms with Crippen LogP contribution in [0.5, 0.6) is 0 Å². The molecule has 5 heteroatoms. The molecule has 1 aromatic heterocycles. The molecule has 1 N–H and O–H groups in total. The smallest absolute Gasteiger partial charge is 0.251 e. The van der Waals surface area contributed by atoms with E-state index in [1.165, 1.54) is 44.9 Å². The Morgan fingerprint density at radius 2 is 1.82 bits per heavy atom. The van der Waals surface area contributed by atoms with Gasteiger partial charge in [0.1, 0.15) is 5.82 Å². The van der Waals surface area contributed by atoms with E-state index >= 15 is 0 Å². The molecular formula is C23H25FN2OS. The van der Waals surface area contributed by atoms with Gasteiger partial charge in [-0.25, -0.2) is 4.39 Å². The van der Waals surface area contributed by atoms with E-state index < -0.39 is 0 Å². The summed E-state index contributed by atoms with van der Waals surface area (Å²) >= 11 is 1.84. The summed E-state index contributed by atoms with van der Waals surface area (Å²) in [6.07, 6.45) is 4.01. The van der Waals surface area contributed by atoms with Crippen LogP contribution in [0.4, 0.5) is 10.1 Å². The lowest BCUT2D eigenvalue weighted by Crippen LogP contribution is -2.43. The first kappa shape index (κ1) is 18.9. The van der Waals surface area contributed by atoms with Crippen LogP contribution in [-0.4, -0.2) is 25.0 Å². The molecule has 146 valence electrons. The van der Waals surface area contributed by atoms with Gasteiger partial charge in [-0.1, -0.05) is 6.07 Å². The summed E-state index contributed by atoms with van der Waals surface area (Å²) in [6.45, 7) is 2.16. The normalized spacial score (nSPS) is 19.5. The van der Waals surface area contributed by atoms with Gasteiger partial charge >= 0.3 is 0 Å². The molecule has 4 rings (SSSR count). The molecule has 0 saturated heterocycles. The van der Waals surface area contributed by atoms with Crippen LogP contribution in [0.1, 0.15) is 40.9 Å². The highest BCUT2D eigenvalue weighted by Gasteiger charge is 2.26. The molecule has 28 heavy (non-hydrogen) atoms. The van der Waals surface area contributed by atoms with E-state index in [1.807, 2.05) is 11.3 Å². The van der Waals surface area contributed by atoms with Gasteiger partial charge in [0.15, 0.2) is 0 Å². The van der Waals surface area contributed by atoms with Crippen LogP contribution in [0.25, 0.3) is 10.1 Å². The third-order valence-corrected chi connectivity index (χ3v) is 6.74. The number of hydrogen-bond donors (Lipinski definition) is 1. The second-order valence-electron chi connectivity index (χ2n) is 7.64. The van der Waals surface area contributed by atoms with Crippen molar-refractivity contribution in [3.8, 4) is 0 Å². The molecule has 1 aliphatic rings. The number of nitrogens with one attached hydrogen (secondary N) is 1. The Bertz CT molecular complexity index is 974. The van der Waals surface area contributed by atoms with Crippen LogP contribution in [0.15, 0.2) is 48.5 Å². The maximum atomic E-state index is 13.0. The highest BCUT2D eigenvalue weighted by Crippen LogP contribution is 2.35. The Hall–Kier alpha value is -2.40. The number of hydrogen-bond acceptors (Lipinski definition) is 3. The molecule has 0 unspecified atom stereocenters. The Balaban J connectivity index is 1.38. The van der Waals surface area contributed by atoms with Crippen molar-refractivity contribution in [2.45, 2.75) is 44.7 Å². The first-order valence-corrected chi connectivity index (χ1v) is 10.6. The fourth-order valence-corrected chi connectivity index (χ4v) is 5.10. The average molecular weight is 397 g/mol. The summed E-state index contributed by atoms with van der Waals surface area (Å²) < 4.78 is 14.4. The number of amides is 1. The molecular weight excluding hydrogens is 371 g/mol. The van der Waals surface area contributed by atoms with Crippen LogP contribution < -0.4 is 10.2 Å². The van der Waals surface area contributed by atoms with Gasteiger partial charge in [-0.15, -0.1) is 11.3 Å². The maximum Gasteiger partial charge on any atom is 0.251 e. The Labute approximate surface area is 169 Å². The minimum Gasteiger partial charge on any atom is -0.371 e. The summed E-state index contributed by atoms with van der Waals surface area (Å²) in [5.74, 6) is -0.439. The van der Waals surface area contributed by atoms with Crippen molar-refractivity contribution < 1.29 is 9.18 Å². The van der Waals surface area contributed by atoms with Gasteiger partial charge in [-0.2, -0.15) is 0 Å². The first-order chi connectivity index (χ1) is 13.5. The van der Waals surface area contributed by atoms with Crippen LogP contribution >= 0.6 is 11.3 Å². The molecule has 0 spiro atoms. The Morgan fingerprint density at radius 1 is 1.11 bits per heavy atom. The van der Waals surface area contributed by atoms with E-state index in [9.17, 15) is 9.18 Å². The summed E-state index contributed by atoms with van der Waals surface area (Å²) in [5.41, 5.74) is 1.81. The number of rotatable bonds is 4. The number of thiophene rings is 1. The third kappa shape index (κ3) is 3.90. The number of benzene rings is 2. The van der Waals surface area contributed by atoms with Crippen molar-refractivity contribution in [3.63, 3.8) is 0 Å². The number of nitrogens with zero attached hydrogens (tertiary/aromatic N) is 1. The summed E-state index contributed by atoms with van der Waals surface area (Å²) in [5, 5.41) is 4.44. The number of fused-ring (bicyclic) bond motifs is 1. The number of anilines is 1. The zero-order valence-electron chi connectivity index (χ0n) is 16.2. The van der Waals surface area contributed by atoms with E-state index in [4.69, 9.17) is 0 Å². The van der Waals surface area contributed by atoms with Gasteiger partial charge in [-0.3, -0.25) is 4.79 Å². The molecule has 0 atom stereocenters. The minimum absolute atomic E-state index is 0.115. The maximum absolute atomic E-state index is 13.0. The van der Waals surface area contributed by atoms with E-state index in [0.717, 1.165) is 25.7 Å². The topological polar surface area (TPSA) is 32.3 Å². The number of halogens is 1. The molecule has 0 radical (unpaired) electrons. The van der Waals surface area contributed by atoms with Gasteiger partial charge in [0.2, 0.25) is 0 Å². The zero-order valence-corrected chi connectivity index (χ0v) is 17.1. The molecule has 1 heterocycles. The fourth-order valence-electron chi connectivity index (χ4n) is 4.15. The van der Waals surface area contributed by atoms with Crippen LogP contribution in [0, 0.1) is 12.7 Å². The van der Waals surface area contributed by atoms with Crippen molar-refractivity contribution in [2.75, 3.05) is 11.9 Å². The molecule has 1 amide bonds. The fraction of sp³-hybridized carbons (Fsp3) is 0.348. The molecule has 1 saturated carbocycles. The number of carbonyl (C=O) groups excluding carboxylic acids is 1. The number of carbonyl (C=O) groups is 1. The van der Waals surface area contributed by atoms with E-state index in [1.54, 1.807) is 0 Å². The largest absolute Gasteiger partial charge is 0.371 e. The first-order valence-electron chi connectivity index (χ1n) is 9.79. The molecule has 2 aromatic carbocycles. The Kier molecular flexibility index (Phi) is 5.36. The SMILES string of the molecule is Cc1cc2c(N(C)C3CCC(NC(=O)c4ccc(F)cc4)CC3)cccc2s1. The lowest BCUT2D eigenvalue weighted by atomic mass is 9.89. The second-order valence-corrected chi connectivity index (χ2v) is 8.93. The second kappa shape index (κ2) is 7.92. The van der Waals surface area contributed by atoms with Crippen molar-refractivity contribution in [2.24, 2.45) is 0 Å². The number of aryl methyl sites for hydroxylation is 1. The highest BCUT2D eigenvalue weighted by molar-refractivity contribution is 7.19. The van der Waals surface area contributed by atoms with E-state index in [0.29, 0.717) is 11.6 Å². The van der Waals surface area contributed by atoms with Gasteiger partial charge in [-0.05, 0) is 75.1 Å². The molecule has 3 nitrogen and oxygen atoms in total. The molecule has 3 aromatic rings. The van der Waals surface area contributed by atoms with Crippen LogP contribution in [-0.2, 0) is 0 Å². The Morgan fingerprint density at radius 3 is 2.54 bits per heavy atom. The van der Waals surface area contributed by atoms with Gasteiger partial charge in [0, 0.05) is 45.3 Å². The van der Waals surface area contributed by atoms with Crippen LogP contribution in [0.2, 0.25) is 0 Å². The summed E-state index contributed by atoms with van der Waals surface area (Å²) in [6, 6.07) is 15.2. The minimum atomic E-state index is -0.323. The zero-order chi connectivity index (χ0) is 19.7. The van der Waals surface area contributed by atoms with E-state index in [-0.39, 0.29) is 17.8 Å². The average Bonchev–Trinajstić information content (AvgIpc) is 3.08. The lowest BCUT2D eigenvalue weighted by Gasteiger charge is -2.36.